The van der Waals surface area contributed by atoms with Gasteiger partial charge in [0.05, 0.1) is 12.5 Å². The van der Waals surface area contributed by atoms with Gasteiger partial charge in [0, 0.05) is 6.08 Å². The molecule has 2 aromatic rings. The van der Waals surface area contributed by atoms with Crippen molar-refractivity contribution in [1.82, 2.24) is 10.9 Å². The van der Waals surface area contributed by atoms with Crippen molar-refractivity contribution in [3.8, 4) is 0 Å². The van der Waals surface area contributed by atoms with Crippen molar-refractivity contribution in [2.24, 2.45) is 0 Å². The van der Waals surface area contributed by atoms with E-state index in [4.69, 9.17) is 4.42 Å². The monoisotopic (exact) mass is 333 g/mol. The van der Waals surface area contributed by atoms with Crippen LogP contribution in [0.1, 0.15) is 11.3 Å². The largest absolute Gasteiger partial charge is 0.433 e. The van der Waals surface area contributed by atoms with Crippen LogP contribution in [0.3, 0.4) is 0 Å². The topological polar surface area (TPSA) is 114 Å². The molecule has 1 heterocycles. The number of amides is 2. The molecular weight excluding hydrogens is 321 g/mol. The molecule has 0 radical (unpaired) electrons. The van der Waals surface area contributed by atoms with Crippen molar-refractivity contribution >= 4 is 23.8 Å². The molecule has 0 saturated carbocycles. The number of hydrogen-bond donors (Lipinski definition) is 2. The lowest BCUT2D eigenvalue weighted by Gasteiger charge is -2.05. The highest BCUT2D eigenvalue weighted by molar-refractivity contribution is 5.93. The molecule has 0 saturated heterocycles. The van der Waals surface area contributed by atoms with Crippen LogP contribution in [0, 0.1) is 15.9 Å². The Labute approximate surface area is 135 Å². The van der Waals surface area contributed by atoms with Gasteiger partial charge in [-0.15, -0.1) is 0 Å². The highest BCUT2D eigenvalue weighted by Gasteiger charge is 2.10. The van der Waals surface area contributed by atoms with Gasteiger partial charge >= 0.3 is 5.88 Å². The Balaban J connectivity index is 1.79. The van der Waals surface area contributed by atoms with Gasteiger partial charge in [-0.2, -0.15) is 0 Å². The van der Waals surface area contributed by atoms with Crippen LogP contribution in [0.5, 0.6) is 0 Å². The highest BCUT2D eigenvalue weighted by Crippen LogP contribution is 2.16. The SMILES string of the molecule is O=C(/C=C/c1ccc([N+](=O)[O-])o1)NNC(=O)Cc1ccc(F)cc1. The zero-order chi connectivity index (χ0) is 17.5. The average Bonchev–Trinajstić information content (AvgIpc) is 3.02. The minimum Gasteiger partial charge on any atom is -0.401 e. The van der Waals surface area contributed by atoms with Gasteiger partial charge in [0.2, 0.25) is 5.91 Å². The van der Waals surface area contributed by atoms with Crippen LogP contribution in [0.15, 0.2) is 46.9 Å². The van der Waals surface area contributed by atoms with Crippen LogP contribution in [-0.2, 0) is 16.0 Å². The maximum Gasteiger partial charge on any atom is 0.433 e. The lowest BCUT2D eigenvalue weighted by atomic mass is 10.1. The molecule has 0 spiro atoms. The van der Waals surface area contributed by atoms with Gasteiger partial charge in [0.1, 0.15) is 16.5 Å². The summed E-state index contributed by atoms with van der Waals surface area (Å²) in [4.78, 5) is 32.9. The molecule has 0 bridgehead atoms. The van der Waals surface area contributed by atoms with Crippen LogP contribution in [0.4, 0.5) is 10.3 Å². The standard InChI is InChI=1S/C15H12FN3O5/c16-11-3-1-10(2-4-11)9-14(21)18-17-13(20)7-5-12-6-8-15(24-12)19(22)23/h1-8H,9H2,(H,17,20)(H,18,21)/b7-5+. The summed E-state index contributed by atoms with van der Waals surface area (Å²) < 4.78 is 17.6. The summed E-state index contributed by atoms with van der Waals surface area (Å²) in [5.74, 6) is -1.87. The molecule has 0 aliphatic rings. The van der Waals surface area contributed by atoms with Gasteiger partial charge < -0.3 is 4.42 Å². The molecule has 2 rings (SSSR count). The van der Waals surface area contributed by atoms with Crippen LogP contribution < -0.4 is 10.9 Å². The third-order valence-corrected chi connectivity index (χ3v) is 2.79. The third-order valence-electron chi connectivity index (χ3n) is 2.79. The van der Waals surface area contributed by atoms with Gasteiger partial charge in [-0.05, 0) is 29.8 Å². The first-order valence-electron chi connectivity index (χ1n) is 6.69. The van der Waals surface area contributed by atoms with Crippen LogP contribution in [0.2, 0.25) is 0 Å². The molecule has 0 atom stereocenters. The number of carbonyl (C=O) groups is 2. The lowest BCUT2D eigenvalue weighted by molar-refractivity contribution is -0.402. The lowest BCUT2D eigenvalue weighted by Crippen LogP contribution is -2.41. The summed E-state index contributed by atoms with van der Waals surface area (Å²) in [6.45, 7) is 0. The fourth-order valence-corrected chi connectivity index (χ4v) is 1.69. The van der Waals surface area contributed by atoms with Crippen molar-refractivity contribution in [2.45, 2.75) is 6.42 Å². The summed E-state index contributed by atoms with van der Waals surface area (Å²) >= 11 is 0. The van der Waals surface area contributed by atoms with Crippen molar-refractivity contribution in [1.29, 1.82) is 0 Å². The summed E-state index contributed by atoms with van der Waals surface area (Å²) in [5, 5.41) is 10.4. The second-order valence-corrected chi connectivity index (χ2v) is 4.61. The summed E-state index contributed by atoms with van der Waals surface area (Å²) in [5.41, 5.74) is 4.91. The van der Waals surface area contributed by atoms with E-state index in [9.17, 15) is 24.1 Å². The Morgan fingerprint density at radius 1 is 1.17 bits per heavy atom. The van der Waals surface area contributed by atoms with Gasteiger partial charge in [-0.25, -0.2) is 4.39 Å². The molecule has 1 aromatic carbocycles. The van der Waals surface area contributed by atoms with Gasteiger partial charge in [-0.3, -0.25) is 30.6 Å². The Bertz CT molecular complexity index is 783. The Hall–Kier alpha value is -3.49. The van der Waals surface area contributed by atoms with E-state index < -0.39 is 28.4 Å². The zero-order valence-corrected chi connectivity index (χ0v) is 12.2. The first-order chi connectivity index (χ1) is 11.4. The number of carbonyl (C=O) groups excluding carboxylic acids is 2. The van der Waals surface area contributed by atoms with E-state index in [0.717, 1.165) is 12.1 Å². The number of furan rings is 1. The molecule has 0 unspecified atom stereocenters. The molecule has 2 N–H and O–H groups in total. The van der Waals surface area contributed by atoms with E-state index in [1.807, 2.05) is 0 Å². The number of benzene rings is 1. The minimum atomic E-state index is -0.701. The fourth-order valence-electron chi connectivity index (χ4n) is 1.69. The number of nitrogens with zero attached hydrogens (tertiary/aromatic N) is 1. The highest BCUT2D eigenvalue weighted by atomic mass is 19.1. The number of hydrogen-bond acceptors (Lipinski definition) is 5. The maximum atomic E-state index is 12.7. The third kappa shape index (κ3) is 5.05. The van der Waals surface area contributed by atoms with E-state index in [1.165, 1.54) is 36.4 Å². The average molecular weight is 333 g/mol. The number of hydrazine groups is 1. The number of nitrogens with one attached hydrogen (secondary N) is 2. The second-order valence-electron chi connectivity index (χ2n) is 4.61. The van der Waals surface area contributed by atoms with E-state index in [-0.39, 0.29) is 12.2 Å². The van der Waals surface area contributed by atoms with Gasteiger partial charge in [0.15, 0.2) is 0 Å². The molecule has 8 nitrogen and oxygen atoms in total. The number of rotatable bonds is 5. The smallest absolute Gasteiger partial charge is 0.401 e. The summed E-state index contributed by atoms with van der Waals surface area (Å²) in [6.07, 6.45) is 2.23. The van der Waals surface area contributed by atoms with E-state index in [0.29, 0.717) is 5.56 Å². The quantitative estimate of drug-likeness (QED) is 0.491. The molecule has 2 amide bonds. The predicted octanol–water partition coefficient (Wildman–Crippen LogP) is 1.73. The predicted molar refractivity (Wildman–Crippen MR) is 80.8 cm³/mol. The molecule has 0 aliphatic carbocycles. The van der Waals surface area contributed by atoms with Gasteiger partial charge in [-0.1, -0.05) is 12.1 Å². The van der Waals surface area contributed by atoms with Crippen molar-refractivity contribution in [3.63, 3.8) is 0 Å². The van der Waals surface area contributed by atoms with Crippen molar-refractivity contribution < 1.29 is 23.3 Å². The first kappa shape index (κ1) is 16.9. The zero-order valence-electron chi connectivity index (χ0n) is 12.2. The van der Waals surface area contributed by atoms with Gasteiger partial charge in [0.25, 0.3) is 5.91 Å². The fraction of sp³-hybridized carbons (Fsp3) is 0.0667. The van der Waals surface area contributed by atoms with E-state index in [1.54, 1.807) is 0 Å². The van der Waals surface area contributed by atoms with Crippen LogP contribution in [0.25, 0.3) is 6.08 Å². The molecule has 0 fully saturated rings. The Morgan fingerprint density at radius 2 is 1.88 bits per heavy atom. The van der Waals surface area contributed by atoms with E-state index in [2.05, 4.69) is 10.9 Å². The van der Waals surface area contributed by atoms with Crippen molar-refractivity contribution in [2.75, 3.05) is 0 Å². The number of halogens is 1. The van der Waals surface area contributed by atoms with Crippen LogP contribution >= 0.6 is 0 Å². The molecule has 24 heavy (non-hydrogen) atoms. The molecular formula is C15H12FN3O5. The second kappa shape index (κ2) is 7.68. The Morgan fingerprint density at radius 3 is 2.50 bits per heavy atom. The van der Waals surface area contributed by atoms with Crippen molar-refractivity contribution in [3.05, 3.63) is 69.7 Å². The molecule has 9 heteroatoms. The summed E-state index contributed by atoms with van der Waals surface area (Å²) in [6, 6.07) is 7.86. The normalized spacial score (nSPS) is 10.5. The van der Waals surface area contributed by atoms with E-state index >= 15 is 0 Å². The van der Waals surface area contributed by atoms with Crippen LogP contribution in [-0.4, -0.2) is 16.7 Å². The summed E-state index contributed by atoms with van der Waals surface area (Å²) in [7, 11) is 0. The maximum absolute atomic E-state index is 12.7. The molecule has 1 aromatic heterocycles. The number of nitro groups is 1. The molecule has 124 valence electrons. The molecule has 0 aliphatic heterocycles. The first-order valence-corrected chi connectivity index (χ1v) is 6.69. The minimum absolute atomic E-state index is 0.0331. The Kier molecular flexibility index (Phi) is 5.40.